The maximum Gasteiger partial charge on any atom is 0.287 e. The number of carbonyl (C=O) groups excluding carboxylic acids is 1. The molecule has 4 nitrogen and oxygen atoms in total. The minimum atomic E-state index is -0.206. The number of ether oxygens (including phenoxy) is 1. The minimum absolute atomic E-state index is 0.206. The topological polar surface area (TPSA) is 51.5 Å². The molecule has 4 heteroatoms. The molecule has 0 aliphatic carbocycles. The second kappa shape index (κ2) is 5.93. The van der Waals surface area contributed by atoms with E-state index in [9.17, 15) is 4.79 Å². The highest BCUT2D eigenvalue weighted by atomic mass is 16.5. The third-order valence-corrected chi connectivity index (χ3v) is 3.53. The number of fused-ring (bicyclic) bond motifs is 1. The zero-order valence-electron chi connectivity index (χ0n) is 12.6. The van der Waals surface area contributed by atoms with Gasteiger partial charge in [0.2, 0.25) is 0 Å². The fraction of sp³-hybridized carbons (Fsp3) is 0.167. The van der Waals surface area contributed by atoms with Crippen LogP contribution in [0.1, 0.15) is 21.9 Å². The molecule has 0 atom stereocenters. The summed E-state index contributed by atoms with van der Waals surface area (Å²) in [7, 11) is 1.65. The van der Waals surface area contributed by atoms with Crippen LogP contribution in [0.3, 0.4) is 0 Å². The molecular weight excluding hydrogens is 278 g/mol. The molecule has 0 fully saturated rings. The van der Waals surface area contributed by atoms with Crippen molar-refractivity contribution in [1.82, 2.24) is 5.32 Å². The van der Waals surface area contributed by atoms with Crippen molar-refractivity contribution in [2.45, 2.75) is 13.5 Å². The molecule has 0 unspecified atom stereocenters. The number of carbonyl (C=O) groups is 1. The molecule has 0 radical (unpaired) electrons. The quantitative estimate of drug-likeness (QED) is 0.799. The van der Waals surface area contributed by atoms with E-state index in [1.165, 1.54) is 0 Å². The SMILES string of the molecule is COc1ccc2cc(CNC(=O)c3ccc(C)o3)ccc2c1. The average Bonchev–Trinajstić information content (AvgIpc) is 2.98. The van der Waals surface area contributed by atoms with Gasteiger partial charge in [-0.1, -0.05) is 18.2 Å². The molecule has 1 aromatic heterocycles. The third-order valence-electron chi connectivity index (χ3n) is 3.53. The summed E-state index contributed by atoms with van der Waals surface area (Å²) in [4.78, 5) is 12.0. The lowest BCUT2D eigenvalue weighted by Crippen LogP contribution is -2.22. The fourth-order valence-corrected chi connectivity index (χ4v) is 2.34. The predicted molar refractivity (Wildman–Crippen MR) is 85.1 cm³/mol. The molecule has 3 rings (SSSR count). The van der Waals surface area contributed by atoms with Crippen LogP contribution in [0.15, 0.2) is 52.9 Å². The molecule has 1 N–H and O–H groups in total. The van der Waals surface area contributed by atoms with E-state index >= 15 is 0 Å². The predicted octanol–water partition coefficient (Wildman–Crippen LogP) is 3.68. The smallest absolute Gasteiger partial charge is 0.287 e. The molecule has 0 spiro atoms. The summed E-state index contributed by atoms with van der Waals surface area (Å²) in [5.74, 6) is 1.69. The van der Waals surface area contributed by atoms with E-state index in [1.807, 2.05) is 37.3 Å². The summed E-state index contributed by atoms with van der Waals surface area (Å²) in [6.07, 6.45) is 0. The largest absolute Gasteiger partial charge is 0.497 e. The zero-order chi connectivity index (χ0) is 15.5. The molecule has 1 heterocycles. The van der Waals surface area contributed by atoms with Gasteiger partial charge >= 0.3 is 0 Å². The van der Waals surface area contributed by atoms with Gasteiger partial charge in [0.1, 0.15) is 11.5 Å². The summed E-state index contributed by atoms with van der Waals surface area (Å²) < 4.78 is 10.5. The van der Waals surface area contributed by atoms with Crippen LogP contribution in [0.5, 0.6) is 5.75 Å². The average molecular weight is 295 g/mol. The zero-order valence-corrected chi connectivity index (χ0v) is 12.6. The van der Waals surface area contributed by atoms with Crippen LogP contribution in [0, 0.1) is 6.92 Å². The number of nitrogens with one attached hydrogen (secondary N) is 1. The van der Waals surface area contributed by atoms with Crippen LogP contribution >= 0.6 is 0 Å². The van der Waals surface area contributed by atoms with Gasteiger partial charge < -0.3 is 14.5 Å². The van der Waals surface area contributed by atoms with Crippen LogP contribution in [-0.2, 0) is 6.54 Å². The Morgan fingerprint density at radius 1 is 1.09 bits per heavy atom. The lowest BCUT2D eigenvalue weighted by Gasteiger charge is -2.07. The lowest BCUT2D eigenvalue weighted by molar-refractivity contribution is 0.0922. The van der Waals surface area contributed by atoms with E-state index in [4.69, 9.17) is 9.15 Å². The molecule has 3 aromatic rings. The molecule has 0 saturated heterocycles. The number of methoxy groups -OCH3 is 1. The number of hydrogen-bond donors (Lipinski definition) is 1. The Morgan fingerprint density at radius 2 is 1.86 bits per heavy atom. The Hall–Kier alpha value is -2.75. The van der Waals surface area contributed by atoms with Gasteiger partial charge in [-0.3, -0.25) is 4.79 Å². The van der Waals surface area contributed by atoms with Gasteiger partial charge in [-0.2, -0.15) is 0 Å². The van der Waals surface area contributed by atoms with Crippen LogP contribution in [0.25, 0.3) is 10.8 Å². The first kappa shape index (κ1) is 14.2. The van der Waals surface area contributed by atoms with Crippen molar-refractivity contribution in [2.24, 2.45) is 0 Å². The van der Waals surface area contributed by atoms with Gasteiger partial charge in [0.25, 0.3) is 5.91 Å². The summed E-state index contributed by atoms with van der Waals surface area (Å²) in [5, 5.41) is 5.08. The summed E-state index contributed by atoms with van der Waals surface area (Å²) in [6.45, 7) is 2.27. The van der Waals surface area contributed by atoms with Crippen LogP contribution in [0.2, 0.25) is 0 Å². The Morgan fingerprint density at radius 3 is 2.59 bits per heavy atom. The molecule has 0 bridgehead atoms. The molecule has 0 aliphatic rings. The molecule has 2 aromatic carbocycles. The number of aryl methyl sites for hydroxylation is 1. The van der Waals surface area contributed by atoms with Crippen molar-refractivity contribution in [3.63, 3.8) is 0 Å². The Labute approximate surface area is 128 Å². The maximum atomic E-state index is 12.0. The van der Waals surface area contributed by atoms with Crippen LogP contribution in [-0.4, -0.2) is 13.0 Å². The molecule has 112 valence electrons. The van der Waals surface area contributed by atoms with Crippen molar-refractivity contribution in [1.29, 1.82) is 0 Å². The molecular formula is C18H17NO3. The number of amides is 1. The van der Waals surface area contributed by atoms with Crippen molar-refractivity contribution in [3.05, 3.63) is 65.6 Å². The molecule has 22 heavy (non-hydrogen) atoms. The van der Waals surface area contributed by atoms with Crippen molar-refractivity contribution < 1.29 is 13.9 Å². The van der Waals surface area contributed by atoms with Gasteiger partial charge in [-0.25, -0.2) is 0 Å². The van der Waals surface area contributed by atoms with Gasteiger partial charge in [-0.05, 0) is 53.6 Å². The summed E-state index contributed by atoms with van der Waals surface area (Å²) in [6, 6.07) is 15.5. The van der Waals surface area contributed by atoms with Crippen LogP contribution < -0.4 is 10.1 Å². The Balaban J connectivity index is 1.72. The van der Waals surface area contributed by atoms with E-state index in [0.717, 1.165) is 27.8 Å². The second-order valence-corrected chi connectivity index (χ2v) is 5.14. The number of furan rings is 1. The van der Waals surface area contributed by atoms with E-state index in [0.29, 0.717) is 12.3 Å². The van der Waals surface area contributed by atoms with Gasteiger partial charge in [0, 0.05) is 6.54 Å². The van der Waals surface area contributed by atoms with Crippen molar-refractivity contribution >= 4 is 16.7 Å². The van der Waals surface area contributed by atoms with Crippen molar-refractivity contribution in [3.8, 4) is 5.75 Å². The molecule has 0 aliphatic heterocycles. The first-order valence-corrected chi connectivity index (χ1v) is 7.07. The minimum Gasteiger partial charge on any atom is -0.497 e. The second-order valence-electron chi connectivity index (χ2n) is 5.14. The summed E-state index contributed by atoms with van der Waals surface area (Å²) in [5.41, 5.74) is 1.04. The number of rotatable bonds is 4. The van der Waals surface area contributed by atoms with E-state index in [-0.39, 0.29) is 5.91 Å². The molecule has 0 saturated carbocycles. The van der Waals surface area contributed by atoms with E-state index in [2.05, 4.69) is 11.4 Å². The van der Waals surface area contributed by atoms with Crippen molar-refractivity contribution in [2.75, 3.05) is 7.11 Å². The normalized spacial score (nSPS) is 10.6. The van der Waals surface area contributed by atoms with Gasteiger partial charge in [0.05, 0.1) is 7.11 Å². The van der Waals surface area contributed by atoms with Crippen LogP contribution in [0.4, 0.5) is 0 Å². The monoisotopic (exact) mass is 295 g/mol. The number of hydrogen-bond acceptors (Lipinski definition) is 3. The molecule has 1 amide bonds. The highest BCUT2D eigenvalue weighted by Crippen LogP contribution is 2.21. The van der Waals surface area contributed by atoms with Gasteiger partial charge in [0.15, 0.2) is 5.76 Å². The van der Waals surface area contributed by atoms with E-state index < -0.39 is 0 Å². The first-order chi connectivity index (χ1) is 10.7. The number of benzene rings is 2. The maximum absolute atomic E-state index is 12.0. The van der Waals surface area contributed by atoms with Gasteiger partial charge in [-0.15, -0.1) is 0 Å². The van der Waals surface area contributed by atoms with E-state index in [1.54, 1.807) is 19.2 Å². The third kappa shape index (κ3) is 2.96. The standard InChI is InChI=1S/C18H17NO3/c1-12-3-8-17(22-12)18(20)19-11-13-4-5-15-10-16(21-2)7-6-14(15)9-13/h3-10H,11H2,1-2H3,(H,19,20). The first-order valence-electron chi connectivity index (χ1n) is 7.07. The lowest BCUT2D eigenvalue weighted by atomic mass is 10.1. The Kier molecular flexibility index (Phi) is 3.83. The highest BCUT2D eigenvalue weighted by Gasteiger charge is 2.09. The summed E-state index contributed by atoms with van der Waals surface area (Å²) >= 11 is 0. The highest BCUT2D eigenvalue weighted by molar-refractivity contribution is 5.91. The Bertz CT molecular complexity index is 820. The fourth-order valence-electron chi connectivity index (χ4n) is 2.34.